The van der Waals surface area contributed by atoms with Crippen LogP contribution in [0.1, 0.15) is 30.9 Å². The van der Waals surface area contributed by atoms with E-state index in [0.29, 0.717) is 22.6 Å². The lowest BCUT2D eigenvalue weighted by Gasteiger charge is -2.25. The van der Waals surface area contributed by atoms with Gasteiger partial charge in [-0.15, -0.1) is 12.4 Å². The zero-order chi connectivity index (χ0) is 12.3. The lowest BCUT2D eigenvalue weighted by molar-refractivity contribution is 0.352. The molecule has 3 nitrogen and oxygen atoms in total. The third-order valence-corrected chi connectivity index (χ3v) is 3.59. The molecule has 0 bridgehead atoms. The van der Waals surface area contributed by atoms with Gasteiger partial charge in [-0.2, -0.15) is 0 Å². The number of halogens is 2. The summed E-state index contributed by atoms with van der Waals surface area (Å²) in [5, 5.41) is 4.14. The maximum Gasteiger partial charge on any atom is 0.179 e. The highest BCUT2D eigenvalue weighted by Gasteiger charge is 2.21. The van der Waals surface area contributed by atoms with Crippen molar-refractivity contribution in [3.63, 3.8) is 0 Å². The molecule has 5 heteroatoms. The topological polar surface area (TPSA) is 30.5 Å². The van der Waals surface area contributed by atoms with E-state index in [4.69, 9.17) is 21.1 Å². The van der Waals surface area contributed by atoms with Gasteiger partial charge >= 0.3 is 0 Å². The van der Waals surface area contributed by atoms with Crippen molar-refractivity contribution in [3.8, 4) is 11.5 Å². The van der Waals surface area contributed by atoms with Crippen LogP contribution in [0.4, 0.5) is 0 Å². The Labute approximate surface area is 119 Å². The zero-order valence-corrected chi connectivity index (χ0v) is 12.2. The van der Waals surface area contributed by atoms with Crippen LogP contribution in [-0.4, -0.2) is 20.8 Å². The maximum atomic E-state index is 6.38. The van der Waals surface area contributed by atoms with Gasteiger partial charge in [-0.3, -0.25) is 0 Å². The van der Waals surface area contributed by atoms with E-state index in [1.807, 2.05) is 12.1 Å². The average Bonchev–Trinajstić information content (AvgIpc) is 2.39. The highest BCUT2D eigenvalue weighted by atomic mass is 35.5. The SMILES string of the molecule is COc1ccc([C@H]2CCCCN2)c(Cl)c1OC.Cl. The van der Waals surface area contributed by atoms with Crippen molar-refractivity contribution in [2.75, 3.05) is 20.8 Å². The predicted molar refractivity (Wildman–Crippen MR) is 76.4 cm³/mol. The second-order valence-corrected chi connectivity index (χ2v) is 4.58. The van der Waals surface area contributed by atoms with E-state index in [-0.39, 0.29) is 12.4 Å². The minimum Gasteiger partial charge on any atom is -0.493 e. The molecule has 1 atom stereocenters. The Kier molecular flexibility index (Phi) is 6.06. The van der Waals surface area contributed by atoms with Gasteiger partial charge in [-0.1, -0.05) is 24.1 Å². The molecular formula is C13H19Cl2NO2. The van der Waals surface area contributed by atoms with Crippen molar-refractivity contribution in [1.29, 1.82) is 0 Å². The Balaban J connectivity index is 0.00000162. The predicted octanol–water partition coefficient (Wildman–Crippen LogP) is 3.59. The number of hydrogen-bond acceptors (Lipinski definition) is 3. The number of ether oxygens (including phenoxy) is 2. The molecule has 2 rings (SSSR count). The largest absolute Gasteiger partial charge is 0.493 e. The molecule has 18 heavy (non-hydrogen) atoms. The first kappa shape index (κ1) is 15.4. The van der Waals surface area contributed by atoms with Crippen molar-refractivity contribution in [1.82, 2.24) is 5.32 Å². The summed E-state index contributed by atoms with van der Waals surface area (Å²) in [5.41, 5.74) is 1.10. The third-order valence-electron chi connectivity index (χ3n) is 3.20. The molecule has 1 aromatic carbocycles. The van der Waals surface area contributed by atoms with E-state index < -0.39 is 0 Å². The van der Waals surface area contributed by atoms with Crippen LogP contribution in [0.2, 0.25) is 5.02 Å². The smallest absolute Gasteiger partial charge is 0.179 e. The van der Waals surface area contributed by atoms with Gasteiger partial charge in [0.2, 0.25) is 0 Å². The van der Waals surface area contributed by atoms with Crippen LogP contribution in [0.15, 0.2) is 12.1 Å². The first-order chi connectivity index (χ1) is 8.27. The molecule has 1 aromatic rings. The van der Waals surface area contributed by atoms with E-state index in [0.717, 1.165) is 18.5 Å². The Morgan fingerprint density at radius 1 is 1.22 bits per heavy atom. The van der Waals surface area contributed by atoms with Crippen molar-refractivity contribution < 1.29 is 9.47 Å². The number of nitrogens with one attached hydrogen (secondary N) is 1. The molecule has 0 unspecified atom stereocenters. The number of piperidine rings is 1. The van der Waals surface area contributed by atoms with Crippen molar-refractivity contribution in [2.24, 2.45) is 0 Å². The molecule has 1 aliphatic heterocycles. The standard InChI is InChI=1S/C13H18ClNO2.ClH/c1-16-11-7-6-9(12(14)13(11)17-2)10-5-3-4-8-15-10;/h6-7,10,15H,3-5,8H2,1-2H3;1H/t10-;/m1./s1. The summed E-state index contributed by atoms with van der Waals surface area (Å²) in [6.45, 7) is 1.05. The maximum absolute atomic E-state index is 6.38. The Bertz CT molecular complexity index is 393. The highest BCUT2D eigenvalue weighted by molar-refractivity contribution is 6.33. The lowest BCUT2D eigenvalue weighted by atomic mass is 9.97. The molecule has 1 aliphatic rings. The fourth-order valence-corrected chi connectivity index (χ4v) is 2.66. The molecule has 0 aliphatic carbocycles. The second kappa shape index (κ2) is 7.07. The molecular weight excluding hydrogens is 273 g/mol. The number of methoxy groups -OCH3 is 2. The quantitative estimate of drug-likeness (QED) is 0.923. The Morgan fingerprint density at radius 2 is 2.00 bits per heavy atom. The summed E-state index contributed by atoms with van der Waals surface area (Å²) < 4.78 is 10.5. The lowest BCUT2D eigenvalue weighted by Crippen LogP contribution is -2.27. The molecule has 102 valence electrons. The van der Waals surface area contributed by atoms with Crippen LogP contribution in [0.3, 0.4) is 0 Å². The molecule has 0 radical (unpaired) electrons. The molecule has 1 fully saturated rings. The summed E-state index contributed by atoms with van der Waals surface area (Å²) in [7, 11) is 3.23. The zero-order valence-electron chi connectivity index (χ0n) is 10.7. The van der Waals surface area contributed by atoms with Gasteiger partial charge in [0.15, 0.2) is 11.5 Å². The van der Waals surface area contributed by atoms with E-state index >= 15 is 0 Å². The molecule has 0 aromatic heterocycles. The summed E-state index contributed by atoms with van der Waals surface area (Å²) in [5.74, 6) is 1.30. The molecule has 0 spiro atoms. The first-order valence-electron chi connectivity index (χ1n) is 5.91. The van der Waals surface area contributed by atoms with Crippen LogP contribution in [0, 0.1) is 0 Å². The van der Waals surface area contributed by atoms with E-state index in [9.17, 15) is 0 Å². The van der Waals surface area contributed by atoms with Gasteiger partial charge < -0.3 is 14.8 Å². The summed E-state index contributed by atoms with van der Waals surface area (Å²) in [4.78, 5) is 0. The summed E-state index contributed by atoms with van der Waals surface area (Å²) >= 11 is 6.38. The second-order valence-electron chi connectivity index (χ2n) is 4.21. The van der Waals surface area contributed by atoms with E-state index in [1.165, 1.54) is 12.8 Å². The monoisotopic (exact) mass is 291 g/mol. The van der Waals surface area contributed by atoms with E-state index in [1.54, 1.807) is 14.2 Å². The fraction of sp³-hybridized carbons (Fsp3) is 0.538. The number of hydrogen-bond donors (Lipinski definition) is 1. The first-order valence-corrected chi connectivity index (χ1v) is 6.29. The van der Waals surface area contributed by atoms with Gasteiger partial charge in [0.1, 0.15) is 0 Å². The van der Waals surface area contributed by atoms with Gasteiger partial charge in [-0.05, 0) is 31.0 Å². The molecule has 0 saturated carbocycles. The van der Waals surface area contributed by atoms with Crippen molar-refractivity contribution in [3.05, 3.63) is 22.7 Å². The molecule has 0 amide bonds. The van der Waals surface area contributed by atoms with Crippen LogP contribution in [0.25, 0.3) is 0 Å². The van der Waals surface area contributed by atoms with Crippen LogP contribution < -0.4 is 14.8 Å². The van der Waals surface area contributed by atoms with Crippen molar-refractivity contribution in [2.45, 2.75) is 25.3 Å². The Hall–Kier alpha value is -0.640. The molecule has 1 N–H and O–H groups in total. The van der Waals surface area contributed by atoms with Gasteiger partial charge in [0.25, 0.3) is 0 Å². The number of rotatable bonds is 3. The summed E-state index contributed by atoms with van der Waals surface area (Å²) in [6.07, 6.45) is 3.60. The Morgan fingerprint density at radius 3 is 2.56 bits per heavy atom. The average molecular weight is 292 g/mol. The number of benzene rings is 1. The minimum absolute atomic E-state index is 0. The van der Waals surface area contributed by atoms with Gasteiger partial charge in [0, 0.05) is 6.04 Å². The van der Waals surface area contributed by atoms with Gasteiger partial charge in [-0.25, -0.2) is 0 Å². The van der Waals surface area contributed by atoms with Crippen LogP contribution in [-0.2, 0) is 0 Å². The van der Waals surface area contributed by atoms with Crippen LogP contribution in [0.5, 0.6) is 11.5 Å². The van der Waals surface area contributed by atoms with Gasteiger partial charge in [0.05, 0.1) is 19.2 Å². The summed E-state index contributed by atoms with van der Waals surface area (Å²) in [6, 6.07) is 4.26. The molecule has 1 saturated heterocycles. The van der Waals surface area contributed by atoms with Crippen molar-refractivity contribution >= 4 is 24.0 Å². The molecule has 1 heterocycles. The highest BCUT2D eigenvalue weighted by Crippen LogP contribution is 2.40. The fourth-order valence-electron chi connectivity index (χ4n) is 2.29. The van der Waals surface area contributed by atoms with Crippen LogP contribution >= 0.6 is 24.0 Å². The normalized spacial score (nSPS) is 18.9. The third kappa shape index (κ3) is 3.02. The minimum atomic E-state index is 0. The van der Waals surface area contributed by atoms with E-state index in [2.05, 4.69) is 5.32 Å².